The van der Waals surface area contributed by atoms with E-state index >= 15 is 0 Å². The van der Waals surface area contributed by atoms with E-state index in [2.05, 4.69) is 69.9 Å². The Labute approximate surface area is 186 Å². The largest absolute Gasteiger partial charge is 0.357 e. The number of aliphatic imine (C=N–C) groups is 1. The molecule has 1 aromatic carbocycles. The van der Waals surface area contributed by atoms with Crippen molar-refractivity contribution in [2.24, 2.45) is 4.99 Å². The molecule has 6 heteroatoms. The van der Waals surface area contributed by atoms with Crippen molar-refractivity contribution in [3.05, 3.63) is 59.8 Å². The highest BCUT2D eigenvalue weighted by Crippen LogP contribution is 2.18. The van der Waals surface area contributed by atoms with Gasteiger partial charge < -0.3 is 15.5 Å². The van der Waals surface area contributed by atoms with Crippen molar-refractivity contribution in [2.45, 2.75) is 39.2 Å². The number of aromatic nitrogens is 1. The second-order valence-electron chi connectivity index (χ2n) is 6.93. The first-order valence-corrected chi connectivity index (χ1v) is 10.1. The monoisotopic (exact) mass is 493 g/mol. The third-order valence-electron chi connectivity index (χ3n) is 4.80. The Hall–Kier alpha value is -1.83. The van der Waals surface area contributed by atoms with Gasteiger partial charge in [-0.2, -0.15) is 0 Å². The van der Waals surface area contributed by atoms with Crippen LogP contribution in [0.2, 0.25) is 0 Å². The molecule has 0 amide bonds. The van der Waals surface area contributed by atoms with Crippen LogP contribution in [0.3, 0.4) is 0 Å². The van der Waals surface area contributed by atoms with E-state index in [1.807, 2.05) is 6.20 Å². The second kappa shape index (κ2) is 12.6. The first kappa shape index (κ1) is 22.5. The molecule has 28 heavy (non-hydrogen) atoms. The van der Waals surface area contributed by atoms with Crippen LogP contribution in [0.5, 0.6) is 0 Å². The second-order valence-corrected chi connectivity index (χ2v) is 6.93. The summed E-state index contributed by atoms with van der Waals surface area (Å²) in [6.07, 6.45) is 6.76. The van der Waals surface area contributed by atoms with Gasteiger partial charge in [0.15, 0.2) is 5.96 Å². The predicted molar refractivity (Wildman–Crippen MR) is 129 cm³/mol. The third-order valence-corrected chi connectivity index (χ3v) is 4.80. The Morgan fingerprint density at radius 2 is 1.82 bits per heavy atom. The van der Waals surface area contributed by atoms with Crippen LogP contribution in [0.25, 0.3) is 0 Å². The molecular formula is C22H32IN5. The van der Waals surface area contributed by atoms with Gasteiger partial charge >= 0.3 is 0 Å². The van der Waals surface area contributed by atoms with Gasteiger partial charge in [-0.3, -0.25) is 0 Å². The van der Waals surface area contributed by atoms with Crippen LogP contribution in [0.1, 0.15) is 37.3 Å². The highest BCUT2D eigenvalue weighted by molar-refractivity contribution is 14.0. The molecule has 2 heterocycles. The standard InChI is InChI=1S/C22H31N5.HI/c1-2-23-22(25-14-11-19-9-5-3-6-10-19)26-18-20-12-13-24-21(17-20)27-15-7-4-8-16-27;/h3,5-6,9-10,12-13,17H,2,4,7-8,11,14-16,18H2,1H3,(H2,23,25,26);1H. The van der Waals surface area contributed by atoms with E-state index in [1.54, 1.807) is 0 Å². The first-order chi connectivity index (χ1) is 13.3. The summed E-state index contributed by atoms with van der Waals surface area (Å²) in [4.78, 5) is 11.7. The van der Waals surface area contributed by atoms with Crippen LogP contribution >= 0.6 is 24.0 Å². The average molecular weight is 493 g/mol. The van der Waals surface area contributed by atoms with Crippen LogP contribution in [0, 0.1) is 0 Å². The zero-order valence-corrected chi connectivity index (χ0v) is 19.1. The highest BCUT2D eigenvalue weighted by atomic mass is 127. The summed E-state index contributed by atoms with van der Waals surface area (Å²) in [5.74, 6) is 1.95. The van der Waals surface area contributed by atoms with Crippen LogP contribution in [0.4, 0.5) is 5.82 Å². The van der Waals surface area contributed by atoms with Crippen LogP contribution in [0.15, 0.2) is 53.7 Å². The molecule has 3 rings (SSSR count). The quantitative estimate of drug-likeness (QED) is 0.348. The number of halogens is 1. The molecule has 1 saturated heterocycles. The lowest BCUT2D eigenvalue weighted by atomic mass is 10.1. The van der Waals surface area contributed by atoms with Gasteiger partial charge in [-0.25, -0.2) is 9.98 Å². The van der Waals surface area contributed by atoms with Crippen molar-refractivity contribution in [3.8, 4) is 0 Å². The summed E-state index contributed by atoms with van der Waals surface area (Å²) in [6, 6.07) is 14.8. The maximum absolute atomic E-state index is 4.75. The lowest BCUT2D eigenvalue weighted by Crippen LogP contribution is -2.38. The van der Waals surface area contributed by atoms with Crippen LogP contribution < -0.4 is 15.5 Å². The Morgan fingerprint density at radius 1 is 1.04 bits per heavy atom. The predicted octanol–water partition coefficient (Wildman–Crippen LogP) is 3.99. The van der Waals surface area contributed by atoms with Crippen molar-refractivity contribution in [2.75, 3.05) is 31.1 Å². The van der Waals surface area contributed by atoms with Crippen molar-refractivity contribution >= 4 is 35.8 Å². The third kappa shape index (κ3) is 7.30. The number of hydrogen-bond donors (Lipinski definition) is 2. The number of piperidine rings is 1. The van der Waals surface area contributed by atoms with Gasteiger partial charge in [-0.15, -0.1) is 24.0 Å². The molecule has 2 aromatic rings. The highest BCUT2D eigenvalue weighted by Gasteiger charge is 2.12. The molecule has 0 radical (unpaired) electrons. The zero-order valence-electron chi connectivity index (χ0n) is 16.7. The molecule has 0 spiro atoms. The van der Waals surface area contributed by atoms with Gasteiger partial charge in [-0.05, 0) is 55.9 Å². The van der Waals surface area contributed by atoms with E-state index in [9.17, 15) is 0 Å². The molecule has 1 aliphatic heterocycles. The summed E-state index contributed by atoms with van der Waals surface area (Å²) in [5, 5.41) is 6.76. The maximum Gasteiger partial charge on any atom is 0.191 e. The Balaban J connectivity index is 0.00000280. The Kier molecular flexibility index (Phi) is 10.1. The SMILES string of the molecule is CCNC(=NCc1ccnc(N2CCCCC2)c1)NCCc1ccccc1.I. The smallest absolute Gasteiger partial charge is 0.191 e. The number of rotatable bonds is 7. The fraction of sp³-hybridized carbons (Fsp3) is 0.455. The molecule has 5 nitrogen and oxygen atoms in total. The number of benzene rings is 1. The van der Waals surface area contributed by atoms with E-state index in [0.29, 0.717) is 6.54 Å². The van der Waals surface area contributed by atoms with Crippen LogP contribution in [-0.4, -0.2) is 37.1 Å². The zero-order chi connectivity index (χ0) is 18.7. The first-order valence-electron chi connectivity index (χ1n) is 10.1. The minimum atomic E-state index is 0. The topological polar surface area (TPSA) is 52.6 Å². The molecule has 0 bridgehead atoms. The summed E-state index contributed by atoms with van der Waals surface area (Å²) in [7, 11) is 0. The van der Waals surface area contributed by atoms with Gasteiger partial charge in [0.2, 0.25) is 0 Å². The Morgan fingerprint density at radius 3 is 2.57 bits per heavy atom. The van der Waals surface area contributed by atoms with E-state index in [4.69, 9.17) is 4.99 Å². The van der Waals surface area contributed by atoms with Crippen molar-refractivity contribution in [1.82, 2.24) is 15.6 Å². The fourth-order valence-corrected chi connectivity index (χ4v) is 3.34. The molecule has 1 fully saturated rings. The van der Waals surface area contributed by atoms with Gasteiger partial charge in [0, 0.05) is 32.4 Å². The summed E-state index contributed by atoms with van der Waals surface area (Å²) in [5.41, 5.74) is 2.53. The van der Waals surface area contributed by atoms with Crippen molar-refractivity contribution in [1.29, 1.82) is 0 Å². The molecule has 0 aliphatic carbocycles. The van der Waals surface area contributed by atoms with Gasteiger partial charge in [0.1, 0.15) is 5.82 Å². The average Bonchev–Trinajstić information content (AvgIpc) is 2.74. The minimum absolute atomic E-state index is 0. The van der Waals surface area contributed by atoms with E-state index in [0.717, 1.165) is 44.4 Å². The summed E-state index contributed by atoms with van der Waals surface area (Å²) >= 11 is 0. The molecular weight excluding hydrogens is 461 g/mol. The number of nitrogens with one attached hydrogen (secondary N) is 2. The van der Waals surface area contributed by atoms with Crippen molar-refractivity contribution in [3.63, 3.8) is 0 Å². The lowest BCUT2D eigenvalue weighted by Gasteiger charge is -2.27. The number of hydrogen-bond acceptors (Lipinski definition) is 3. The van der Waals surface area contributed by atoms with Gasteiger partial charge in [-0.1, -0.05) is 30.3 Å². The van der Waals surface area contributed by atoms with E-state index in [1.165, 1.54) is 30.4 Å². The molecule has 0 unspecified atom stereocenters. The Bertz CT molecular complexity index is 714. The maximum atomic E-state index is 4.75. The summed E-state index contributed by atoms with van der Waals surface area (Å²) < 4.78 is 0. The fourth-order valence-electron chi connectivity index (χ4n) is 3.34. The molecule has 152 valence electrons. The number of pyridine rings is 1. The number of guanidine groups is 1. The normalized spacial score (nSPS) is 14.3. The molecule has 1 aliphatic rings. The van der Waals surface area contributed by atoms with Crippen LogP contribution in [-0.2, 0) is 13.0 Å². The molecule has 1 aromatic heterocycles. The van der Waals surface area contributed by atoms with Gasteiger partial charge in [0.05, 0.1) is 6.54 Å². The lowest BCUT2D eigenvalue weighted by molar-refractivity contribution is 0.573. The van der Waals surface area contributed by atoms with Gasteiger partial charge in [0.25, 0.3) is 0 Å². The van der Waals surface area contributed by atoms with E-state index in [-0.39, 0.29) is 24.0 Å². The number of anilines is 1. The summed E-state index contributed by atoms with van der Waals surface area (Å²) in [6.45, 7) is 6.70. The van der Waals surface area contributed by atoms with Crippen molar-refractivity contribution < 1.29 is 0 Å². The molecule has 2 N–H and O–H groups in total. The van der Waals surface area contributed by atoms with E-state index < -0.39 is 0 Å². The minimum Gasteiger partial charge on any atom is -0.357 e. The number of nitrogens with zero attached hydrogens (tertiary/aromatic N) is 3. The molecule has 0 saturated carbocycles. The molecule has 0 atom stereocenters.